The maximum Gasteiger partial charge on any atom is 0.460 e. The van der Waals surface area contributed by atoms with Crippen LogP contribution in [-0.4, -0.2) is 46.5 Å². The molecule has 0 amide bonds. The highest BCUT2D eigenvalue weighted by Crippen LogP contribution is 2.61. The summed E-state index contributed by atoms with van der Waals surface area (Å²) in [6.07, 6.45) is -7.62. The summed E-state index contributed by atoms with van der Waals surface area (Å²) in [4.78, 5) is 0. The van der Waals surface area contributed by atoms with Gasteiger partial charge in [-0.05, 0) is 12.8 Å². The fourth-order valence-corrected chi connectivity index (χ4v) is 1.52. The molecular weight excluding hydrogens is 457 g/mol. The van der Waals surface area contributed by atoms with Crippen molar-refractivity contribution in [2.75, 3.05) is 0 Å². The van der Waals surface area contributed by atoms with Crippen LogP contribution < -0.4 is 0 Å². The number of rotatable bonds is 7. The fraction of sp³-hybridized carbons (Fsp3) is 0.846. The van der Waals surface area contributed by atoms with E-state index < -0.39 is 59.0 Å². The standard InChI is InChI=1S/C13H11F15O/c1-4(2)7(3,29)5(14)6(15)8(16,17)9(18,19)10(20,21)11(22,23)12(24,25)13(26,27)28/h4,29H,1-3H3/b6-5+. The Morgan fingerprint density at radius 3 is 1.17 bits per heavy atom. The number of alkyl halides is 13. The van der Waals surface area contributed by atoms with E-state index >= 15 is 0 Å². The van der Waals surface area contributed by atoms with Gasteiger partial charge in [-0.2, -0.15) is 57.1 Å². The molecule has 0 aromatic heterocycles. The first kappa shape index (κ1) is 27.6. The Bertz CT molecular complexity index is 641. The van der Waals surface area contributed by atoms with Gasteiger partial charge in [0.2, 0.25) is 5.83 Å². The monoisotopic (exact) mass is 468 g/mol. The van der Waals surface area contributed by atoms with Crippen LogP contribution in [0, 0.1) is 5.92 Å². The van der Waals surface area contributed by atoms with E-state index in [1.165, 1.54) is 0 Å². The lowest BCUT2D eigenvalue weighted by molar-refractivity contribution is -0.437. The number of halogens is 15. The lowest BCUT2D eigenvalue weighted by Crippen LogP contribution is -2.70. The quantitative estimate of drug-likeness (QED) is 0.436. The third-order valence-electron chi connectivity index (χ3n) is 3.97. The van der Waals surface area contributed by atoms with Crippen molar-refractivity contribution < 1.29 is 71.0 Å². The van der Waals surface area contributed by atoms with E-state index in [9.17, 15) is 71.0 Å². The van der Waals surface area contributed by atoms with Crippen molar-refractivity contribution in [2.45, 2.75) is 62.2 Å². The zero-order chi connectivity index (χ0) is 24.2. The van der Waals surface area contributed by atoms with Crippen LogP contribution in [0.4, 0.5) is 65.9 Å². The summed E-state index contributed by atoms with van der Waals surface area (Å²) in [6, 6.07) is 0. The summed E-state index contributed by atoms with van der Waals surface area (Å²) >= 11 is 0. The molecule has 0 aliphatic rings. The molecule has 0 saturated heterocycles. The lowest BCUT2D eigenvalue weighted by Gasteiger charge is -2.39. The van der Waals surface area contributed by atoms with Crippen molar-refractivity contribution >= 4 is 0 Å². The molecular formula is C13H11F15O. The Balaban J connectivity index is 6.74. The molecule has 0 rings (SSSR count). The van der Waals surface area contributed by atoms with Gasteiger partial charge in [0, 0.05) is 0 Å². The first-order chi connectivity index (χ1) is 12.3. The molecule has 174 valence electrons. The van der Waals surface area contributed by atoms with Crippen LogP contribution >= 0.6 is 0 Å². The average Bonchev–Trinajstić information content (AvgIpc) is 2.51. The van der Waals surface area contributed by atoms with Crippen LogP contribution in [0.15, 0.2) is 11.7 Å². The molecule has 0 bridgehead atoms. The number of hydrogen-bond donors (Lipinski definition) is 1. The van der Waals surface area contributed by atoms with E-state index in [0.29, 0.717) is 0 Å². The van der Waals surface area contributed by atoms with Gasteiger partial charge in [-0.3, -0.25) is 0 Å². The number of hydrogen-bond acceptors (Lipinski definition) is 1. The molecule has 1 atom stereocenters. The summed E-state index contributed by atoms with van der Waals surface area (Å²) in [5.41, 5.74) is -3.41. The van der Waals surface area contributed by atoms with E-state index in [4.69, 9.17) is 0 Å². The van der Waals surface area contributed by atoms with Gasteiger partial charge in [0.25, 0.3) is 0 Å². The molecule has 0 saturated carbocycles. The molecule has 0 aliphatic heterocycles. The van der Waals surface area contributed by atoms with Gasteiger partial charge in [0.1, 0.15) is 5.60 Å². The molecule has 0 aromatic rings. The maximum absolute atomic E-state index is 13.6. The van der Waals surface area contributed by atoms with Crippen molar-refractivity contribution in [3.63, 3.8) is 0 Å². The van der Waals surface area contributed by atoms with Crippen LogP contribution in [0.25, 0.3) is 0 Å². The second-order valence-electron chi connectivity index (χ2n) is 6.30. The van der Waals surface area contributed by atoms with E-state index in [-0.39, 0.29) is 6.92 Å². The van der Waals surface area contributed by atoms with E-state index in [1.807, 2.05) is 0 Å². The minimum Gasteiger partial charge on any atom is -0.383 e. The maximum atomic E-state index is 13.6. The molecule has 16 heteroatoms. The molecule has 0 heterocycles. The van der Waals surface area contributed by atoms with E-state index in [0.717, 1.165) is 13.8 Å². The second-order valence-corrected chi connectivity index (χ2v) is 6.30. The van der Waals surface area contributed by atoms with Gasteiger partial charge >= 0.3 is 35.8 Å². The highest BCUT2D eigenvalue weighted by molar-refractivity contribution is 5.24. The van der Waals surface area contributed by atoms with E-state index in [2.05, 4.69) is 0 Å². The Morgan fingerprint density at radius 1 is 0.586 bits per heavy atom. The predicted octanol–water partition coefficient (Wildman–Crippen LogP) is 6.28. The second kappa shape index (κ2) is 7.11. The topological polar surface area (TPSA) is 20.2 Å². The van der Waals surface area contributed by atoms with Crippen molar-refractivity contribution in [1.29, 1.82) is 0 Å². The Hall–Kier alpha value is -1.35. The van der Waals surface area contributed by atoms with Crippen LogP contribution in [0.2, 0.25) is 0 Å². The SMILES string of the molecule is CC(C)C(C)(O)/C(F)=C(\F)C(F)(F)C(F)(F)C(F)(F)C(F)(F)C(F)(F)C(F)(F)F. The summed E-state index contributed by atoms with van der Waals surface area (Å²) in [7, 11) is 0. The average molecular weight is 468 g/mol. The minimum absolute atomic E-state index is 0.172. The lowest BCUT2D eigenvalue weighted by atomic mass is 9.88. The Morgan fingerprint density at radius 2 is 0.897 bits per heavy atom. The van der Waals surface area contributed by atoms with Crippen molar-refractivity contribution in [3.05, 3.63) is 11.7 Å². The number of aliphatic hydroxyl groups is 1. The van der Waals surface area contributed by atoms with Crippen LogP contribution in [-0.2, 0) is 0 Å². The zero-order valence-corrected chi connectivity index (χ0v) is 14.2. The van der Waals surface area contributed by atoms with Gasteiger partial charge in [-0.25, -0.2) is 8.78 Å². The molecule has 0 spiro atoms. The van der Waals surface area contributed by atoms with Gasteiger partial charge in [0.15, 0.2) is 5.83 Å². The predicted molar refractivity (Wildman–Crippen MR) is 65.5 cm³/mol. The highest BCUT2D eigenvalue weighted by Gasteiger charge is 2.91. The van der Waals surface area contributed by atoms with Gasteiger partial charge in [-0.15, -0.1) is 0 Å². The molecule has 0 radical (unpaired) electrons. The smallest absolute Gasteiger partial charge is 0.383 e. The zero-order valence-electron chi connectivity index (χ0n) is 14.2. The minimum atomic E-state index is -8.26. The fourth-order valence-electron chi connectivity index (χ4n) is 1.52. The molecule has 29 heavy (non-hydrogen) atoms. The van der Waals surface area contributed by atoms with Crippen LogP contribution in [0.1, 0.15) is 20.8 Å². The van der Waals surface area contributed by atoms with Crippen LogP contribution in [0.3, 0.4) is 0 Å². The van der Waals surface area contributed by atoms with Gasteiger partial charge < -0.3 is 5.11 Å². The number of allylic oxidation sites excluding steroid dienone is 1. The normalized spacial score (nSPS) is 18.6. The van der Waals surface area contributed by atoms with Gasteiger partial charge in [-0.1, -0.05) is 13.8 Å². The molecule has 0 aromatic carbocycles. The molecule has 1 N–H and O–H groups in total. The molecule has 1 nitrogen and oxygen atoms in total. The Labute approximate surface area is 152 Å². The molecule has 0 aliphatic carbocycles. The molecule has 0 fully saturated rings. The third-order valence-corrected chi connectivity index (χ3v) is 3.97. The summed E-state index contributed by atoms with van der Waals surface area (Å²) in [5, 5.41) is 9.40. The van der Waals surface area contributed by atoms with Crippen LogP contribution in [0.5, 0.6) is 0 Å². The highest BCUT2D eigenvalue weighted by atomic mass is 19.4. The van der Waals surface area contributed by atoms with Crippen molar-refractivity contribution in [2.24, 2.45) is 5.92 Å². The summed E-state index contributed by atoms with van der Waals surface area (Å²) in [5.74, 6) is -49.0. The van der Waals surface area contributed by atoms with E-state index in [1.54, 1.807) is 0 Å². The first-order valence-electron chi connectivity index (χ1n) is 7.00. The summed E-state index contributed by atoms with van der Waals surface area (Å²) in [6.45, 7) is 1.72. The Kier molecular flexibility index (Phi) is 6.78. The third kappa shape index (κ3) is 3.76. The largest absolute Gasteiger partial charge is 0.460 e. The first-order valence-corrected chi connectivity index (χ1v) is 7.00. The van der Waals surface area contributed by atoms with Crippen molar-refractivity contribution in [3.8, 4) is 0 Å². The van der Waals surface area contributed by atoms with Gasteiger partial charge in [0.05, 0.1) is 0 Å². The van der Waals surface area contributed by atoms with Crippen molar-refractivity contribution in [1.82, 2.24) is 0 Å². The molecule has 1 unspecified atom stereocenters. The summed E-state index contributed by atoms with van der Waals surface area (Å²) < 4.78 is 194.